The Balaban J connectivity index is 1.78. The molecule has 0 aliphatic carbocycles. The summed E-state index contributed by atoms with van der Waals surface area (Å²) in [4.78, 5) is 26.1. The summed E-state index contributed by atoms with van der Waals surface area (Å²) in [5.41, 5.74) is 1.38. The fourth-order valence-electron chi connectivity index (χ4n) is 3.10. The molecule has 8 heteroatoms. The molecule has 3 rings (SSSR count). The van der Waals surface area contributed by atoms with Gasteiger partial charge in [0.2, 0.25) is 15.9 Å². The quantitative estimate of drug-likeness (QED) is 0.699. The van der Waals surface area contributed by atoms with E-state index in [0.29, 0.717) is 18.7 Å². The Bertz CT molecular complexity index is 988. The van der Waals surface area contributed by atoms with E-state index < -0.39 is 10.0 Å². The van der Waals surface area contributed by atoms with Gasteiger partial charge in [-0.05, 0) is 29.8 Å². The smallest absolute Gasteiger partial charge is 0.254 e. The molecule has 0 aromatic heterocycles. The Labute approximate surface area is 170 Å². The minimum atomic E-state index is -3.79. The molecule has 0 unspecified atom stereocenters. The number of nitrogens with zero attached hydrogens (tertiary/aromatic N) is 2. The lowest BCUT2D eigenvalue weighted by Crippen LogP contribution is -2.49. The van der Waals surface area contributed by atoms with Gasteiger partial charge in [-0.2, -0.15) is 4.31 Å². The zero-order chi connectivity index (χ0) is 20.9. The first-order valence-corrected chi connectivity index (χ1v) is 10.7. The number of amides is 2. The van der Waals surface area contributed by atoms with Gasteiger partial charge >= 0.3 is 0 Å². The van der Waals surface area contributed by atoms with E-state index in [2.05, 4.69) is 11.9 Å². The predicted octanol–water partition coefficient (Wildman–Crippen LogP) is 1.64. The second-order valence-corrected chi connectivity index (χ2v) is 8.61. The van der Waals surface area contributed by atoms with Crippen LogP contribution in [-0.2, 0) is 21.4 Å². The molecule has 152 valence electrons. The highest BCUT2D eigenvalue weighted by atomic mass is 32.2. The van der Waals surface area contributed by atoms with Crippen molar-refractivity contribution in [2.45, 2.75) is 11.4 Å². The molecule has 2 amide bonds. The number of piperazine rings is 1. The number of sulfonamides is 1. The maximum atomic E-state index is 12.9. The molecule has 0 atom stereocenters. The van der Waals surface area contributed by atoms with Gasteiger partial charge in [0.05, 0.1) is 11.4 Å². The van der Waals surface area contributed by atoms with E-state index in [-0.39, 0.29) is 36.3 Å². The molecule has 1 N–H and O–H groups in total. The van der Waals surface area contributed by atoms with Crippen LogP contribution in [-0.4, -0.2) is 55.6 Å². The fraction of sp³-hybridized carbons (Fsp3) is 0.238. The first-order valence-electron chi connectivity index (χ1n) is 9.23. The van der Waals surface area contributed by atoms with E-state index in [4.69, 9.17) is 0 Å². The molecule has 1 heterocycles. The molecule has 1 aliphatic rings. The number of hydrogen-bond donors (Lipinski definition) is 1. The van der Waals surface area contributed by atoms with Crippen LogP contribution in [0.3, 0.4) is 0 Å². The second-order valence-electron chi connectivity index (χ2n) is 6.67. The van der Waals surface area contributed by atoms with Gasteiger partial charge in [0, 0.05) is 31.7 Å². The topological polar surface area (TPSA) is 86.8 Å². The largest absolute Gasteiger partial charge is 0.354 e. The molecule has 7 nitrogen and oxygen atoms in total. The Morgan fingerprint density at radius 1 is 1.14 bits per heavy atom. The van der Waals surface area contributed by atoms with Gasteiger partial charge in [0.25, 0.3) is 5.91 Å². The van der Waals surface area contributed by atoms with Gasteiger partial charge in [-0.1, -0.05) is 36.4 Å². The monoisotopic (exact) mass is 413 g/mol. The molecule has 2 aromatic rings. The van der Waals surface area contributed by atoms with Gasteiger partial charge in [0.15, 0.2) is 0 Å². The van der Waals surface area contributed by atoms with E-state index in [0.717, 1.165) is 9.87 Å². The van der Waals surface area contributed by atoms with Crippen molar-refractivity contribution in [1.82, 2.24) is 14.5 Å². The van der Waals surface area contributed by atoms with Crippen molar-refractivity contribution < 1.29 is 18.0 Å². The van der Waals surface area contributed by atoms with Crippen LogP contribution in [0, 0.1) is 0 Å². The average Bonchev–Trinajstić information content (AvgIpc) is 2.74. The van der Waals surface area contributed by atoms with Crippen molar-refractivity contribution in [2.75, 3.05) is 26.2 Å². The van der Waals surface area contributed by atoms with Crippen LogP contribution in [0.5, 0.6) is 0 Å². The molecule has 1 saturated heterocycles. The number of carbonyl (C=O) groups excluding carboxylic acids is 2. The average molecular weight is 413 g/mol. The maximum absolute atomic E-state index is 12.9. The fourth-order valence-corrected chi connectivity index (χ4v) is 4.50. The van der Waals surface area contributed by atoms with Crippen molar-refractivity contribution >= 4 is 21.8 Å². The highest BCUT2D eigenvalue weighted by Crippen LogP contribution is 2.18. The highest BCUT2D eigenvalue weighted by Gasteiger charge is 2.29. The van der Waals surface area contributed by atoms with Gasteiger partial charge in [-0.15, -0.1) is 6.58 Å². The van der Waals surface area contributed by atoms with Gasteiger partial charge in [-0.25, -0.2) is 8.42 Å². The Kier molecular flexibility index (Phi) is 6.46. The molecule has 0 bridgehead atoms. The van der Waals surface area contributed by atoms with Crippen LogP contribution >= 0.6 is 0 Å². The molecule has 0 saturated carbocycles. The van der Waals surface area contributed by atoms with E-state index in [1.165, 1.54) is 24.3 Å². The summed E-state index contributed by atoms with van der Waals surface area (Å²) in [5.74, 6) is -0.539. The van der Waals surface area contributed by atoms with Crippen LogP contribution < -0.4 is 5.32 Å². The third-order valence-corrected chi connectivity index (χ3v) is 6.45. The van der Waals surface area contributed by atoms with Crippen LogP contribution in [0.15, 0.2) is 72.1 Å². The number of benzene rings is 2. The summed E-state index contributed by atoms with van der Waals surface area (Å²) in [5, 5.41) is 2.60. The second kappa shape index (κ2) is 9.02. The highest BCUT2D eigenvalue weighted by molar-refractivity contribution is 7.89. The molecule has 0 radical (unpaired) electrons. The van der Waals surface area contributed by atoms with Crippen LogP contribution in [0.25, 0.3) is 0 Å². The Morgan fingerprint density at radius 2 is 1.83 bits per heavy atom. The number of carbonyl (C=O) groups is 2. The summed E-state index contributed by atoms with van der Waals surface area (Å²) >= 11 is 0. The predicted molar refractivity (Wildman–Crippen MR) is 110 cm³/mol. The molecule has 2 aromatic carbocycles. The number of rotatable bonds is 7. The summed E-state index contributed by atoms with van der Waals surface area (Å²) in [6.45, 7) is 4.81. The molecule has 29 heavy (non-hydrogen) atoms. The van der Waals surface area contributed by atoms with Gasteiger partial charge in [0.1, 0.15) is 0 Å². The first kappa shape index (κ1) is 20.8. The maximum Gasteiger partial charge on any atom is 0.254 e. The minimum Gasteiger partial charge on any atom is -0.354 e. The molecule has 0 spiro atoms. The van der Waals surface area contributed by atoms with Crippen molar-refractivity contribution in [3.63, 3.8) is 0 Å². The lowest BCUT2D eigenvalue weighted by molar-refractivity contribution is -0.122. The molecular weight excluding hydrogens is 390 g/mol. The Hall–Kier alpha value is -2.97. The van der Waals surface area contributed by atoms with Crippen molar-refractivity contribution in [2.24, 2.45) is 0 Å². The van der Waals surface area contributed by atoms with E-state index in [9.17, 15) is 18.0 Å². The van der Waals surface area contributed by atoms with Crippen LogP contribution in [0.4, 0.5) is 0 Å². The lowest BCUT2D eigenvalue weighted by atomic mass is 10.1. The Morgan fingerprint density at radius 3 is 2.45 bits per heavy atom. The molecule has 1 aliphatic heterocycles. The molecule has 1 fully saturated rings. The van der Waals surface area contributed by atoms with Gasteiger partial charge < -0.3 is 10.2 Å². The third kappa shape index (κ3) is 4.90. The normalized spacial score (nSPS) is 14.8. The minimum absolute atomic E-state index is 0.0575. The van der Waals surface area contributed by atoms with Crippen LogP contribution in [0.1, 0.15) is 15.9 Å². The van der Waals surface area contributed by atoms with Crippen molar-refractivity contribution in [3.05, 3.63) is 78.4 Å². The van der Waals surface area contributed by atoms with E-state index in [1.54, 1.807) is 11.0 Å². The zero-order valence-corrected chi connectivity index (χ0v) is 16.8. The summed E-state index contributed by atoms with van der Waals surface area (Å²) in [6, 6.07) is 15.4. The summed E-state index contributed by atoms with van der Waals surface area (Å²) in [6.07, 6.45) is 1.65. The van der Waals surface area contributed by atoms with Crippen molar-refractivity contribution in [3.8, 4) is 0 Å². The summed E-state index contributed by atoms with van der Waals surface area (Å²) in [7, 11) is -3.79. The summed E-state index contributed by atoms with van der Waals surface area (Å²) < 4.78 is 26.6. The number of hydrogen-bond acceptors (Lipinski definition) is 4. The third-order valence-electron chi connectivity index (χ3n) is 4.60. The SMILES string of the molecule is C=CCN(Cc1ccccc1)C(=O)c1ccc(S(=O)(=O)N2CCNC(=O)C2)cc1. The number of nitrogens with one attached hydrogen (secondary N) is 1. The van der Waals surface area contributed by atoms with E-state index >= 15 is 0 Å². The zero-order valence-electron chi connectivity index (χ0n) is 16.0. The standard InChI is InChI=1S/C21H23N3O4S/c1-2-13-23(15-17-6-4-3-5-7-17)21(26)18-8-10-19(11-9-18)29(27,28)24-14-12-22-20(25)16-24/h2-11H,1,12-16H2,(H,22,25). The van der Waals surface area contributed by atoms with Crippen LogP contribution in [0.2, 0.25) is 0 Å². The molecular formula is C21H23N3O4S. The van der Waals surface area contributed by atoms with Crippen molar-refractivity contribution in [1.29, 1.82) is 0 Å². The first-order chi connectivity index (χ1) is 13.9. The lowest BCUT2D eigenvalue weighted by Gasteiger charge is -2.26. The van der Waals surface area contributed by atoms with E-state index in [1.807, 2.05) is 30.3 Å². The van der Waals surface area contributed by atoms with Gasteiger partial charge in [-0.3, -0.25) is 9.59 Å².